The van der Waals surface area contributed by atoms with Gasteiger partial charge < -0.3 is 9.84 Å². The van der Waals surface area contributed by atoms with Crippen LogP contribution in [0, 0.1) is 6.92 Å². The molecule has 1 N–H and O–H groups in total. The molecular weight excluding hydrogens is 264 g/mol. The van der Waals surface area contributed by atoms with E-state index in [1.165, 1.54) is 11.3 Å². The minimum absolute atomic E-state index is 0.0985. The first-order valence-electron chi connectivity index (χ1n) is 6.09. The van der Waals surface area contributed by atoms with Crippen molar-refractivity contribution in [2.45, 2.75) is 39.5 Å². The van der Waals surface area contributed by atoms with E-state index in [4.69, 9.17) is 4.52 Å². The lowest BCUT2D eigenvalue weighted by atomic mass is 10.2. The third-order valence-corrected chi connectivity index (χ3v) is 3.26. The Hall–Kier alpha value is -1.76. The first-order valence-corrected chi connectivity index (χ1v) is 6.91. The monoisotopic (exact) mass is 280 g/mol. The van der Waals surface area contributed by atoms with Gasteiger partial charge in [0.05, 0.1) is 0 Å². The average Bonchev–Trinajstić information content (AvgIpc) is 2.96. The molecule has 2 aromatic heterocycles. The minimum Gasteiger partial charge on any atom is -0.339 e. The number of anilines is 1. The van der Waals surface area contributed by atoms with Gasteiger partial charge in [-0.2, -0.15) is 4.98 Å². The highest BCUT2D eigenvalue weighted by atomic mass is 32.1. The lowest BCUT2D eigenvalue weighted by molar-refractivity contribution is -0.116. The van der Waals surface area contributed by atoms with Crippen molar-refractivity contribution in [3.05, 3.63) is 22.8 Å². The quantitative estimate of drug-likeness (QED) is 0.910. The number of hydrogen-bond acceptors (Lipinski definition) is 6. The largest absolute Gasteiger partial charge is 0.339 e. The second-order valence-electron chi connectivity index (χ2n) is 4.53. The molecule has 2 aromatic rings. The van der Waals surface area contributed by atoms with E-state index >= 15 is 0 Å². The standard InChI is InChI=1S/C12H16N4O2S/c1-7(2)11-15-10(18-16-11)5-4-9(17)14-12-13-6-8(3)19-12/h6-7H,4-5H2,1-3H3,(H,13,14,17). The van der Waals surface area contributed by atoms with E-state index in [2.05, 4.69) is 20.4 Å². The number of aryl methyl sites for hydroxylation is 2. The molecule has 102 valence electrons. The Labute approximate surface area is 115 Å². The molecule has 7 heteroatoms. The molecule has 19 heavy (non-hydrogen) atoms. The van der Waals surface area contributed by atoms with Gasteiger partial charge in [0.25, 0.3) is 0 Å². The number of aromatic nitrogens is 3. The summed E-state index contributed by atoms with van der Waals surface area (Å²) in [6.07, 6.45) is 2.47. The van der Waals surface area contributed by atoms with Crippen molar-refractivity contribution >= 4 is 22.4 Å². The second-order valence-corrected chi connectivity index (χ2v) is 5.76. The molecule has 0 radical (unpaired) electrons. The Morgan fingerprint density at radius 2 is 2.32 bits per heavy atom. The molecule has 0 aromatic carbocycles. The third-order valence-electron chi connectivity index (χ3n) is 2.43. The van der Waals surface area contributed by atoms with E-state index in [1.54, 1.807) is 6.20 Å². The molecule has 0 aliphatic rings. The highest BCUT2D eigenvalue weighted by Crippen LogP contribution is 2.17. The highest BCUT2D eigenvalue weighted by molar-refractivity contribution is 7.15. The molecule has 0 saturated heterocycles. The summed E-state index contributed by atoms with van der Waals surface area (Å²) in [5.74, 6) is 1.29. The highest BCUT2D eigenvalue weighted by Gasteiger charge is 2.12. The average molecular weight is 280 g/mol. The maximum atomic E-state index is 11.7. The van der Waals surface area contributed by atoms with Gasteiger partial charge in [-0.15, -0.1) is 11.3 Å². The van der Waals surface area contributed by atoms with Crippen molar-refractivity contribution in [3.63, 3.8) is 0 Å². The molecule has 0 bridgehead atoms. The summed E-state index contributed by atoms with van der Waals surface area (Å²) in [5.41, 5.74) is 0. The number of amides is 1. The summed E-state index contributed by atoms with van der Waals surface area (Å²) >= 11 is 1.45. The summed E-state index contributed by atoms with van der Waals surface area (Å²) in [7, 11) is 0. The number of nitrogens with zero attached hydrogens (tertiary/aromatic N) is 3. The van der Waals surface area contributed by atoms with Gasteiger partial charge in [0.15, 0.2) is 11.0 Å². The maximum Gasteiger partial charge on any atom is 0.227 e. The van der Waals surface area contributed by atoms with Crippen LogP contribution in [0.25, 0.3) is 0 Å². The molecule has 2 heterocycles. The number of carbonyl (C=O) groups is 1. The summed E-state index contributed by atoms with van der Waals surface area (Å²) in [4.78, 5) is 21.1. The molecule has 0 unspecified atom stereocenters. The number of hydrogen-bond donors (Lipinski definition) is 1. The molecule has 0 saturated carbocycles. The number of carbonyl (C=O) groups excluding carboxylic acids is 1. The number of nitrogens with one attached hydrogen (secondary N) is 1. The van der Waals surface area contributed by atoms with E-state index in [0.29, 0.717) is 29.7 Å². The summed E-state index contributed by atoms with van der Waals surface area (Å²) in [6, 6.07) is 0. The maximum absolute atomic E-state index is 11.7. The molecule has 2 rings (SSSR count). The van der Waals surface area contributed by atoms with Crippen molar-refractivity contribution in [2.75, 3.05) is 5.32 Å². The van der Waals surface area contributed by atoms with E-state index in [9.17, 15) is 4.79 Å². The predicted octanol–water partition coefficient (Wildman–Crippen LogP) is 2.53. The summed E-state index contributed by atoms with van der Waals surface area (Å²) in [5, 5.41) is 7.22. The van der Waals surface area contributed by atoms with Crippen LogP contribution in [0.4, 0.5) is 5.13 Å². The lowest BCUT2D eigenvalue weighted by Crippen LogP contribution is -2.12. The fourth-order valence-electron chi connectivity index (χ4n) is 1.42. The Morgan fingerprint density at radius 1 is 1.53 bits per heavy atom. The van der Waals surface area contributed by atoms with Crippen LogP contribution in [0.1, 0.15) is 42.8 Å². The molecule has 0 atom stereocenters. The Kier molecular flexibility index (Phi) is 4.26. The van der Waals surface area contributed by atoms with Crippen molar-refractivity contribution in [3.8, 4) is 0 Å². The van der Waals surface area contributed by atoms with Crippen LogP contribution in [0.2, 0.25) is 0 Å². The van der Waals surface area contributed by atoms with Crippen LogP contribution < -0.4 is 5.32 Å². The number of thiazole rings is 1. The Bertz CT molecular complexity index is 562. The van der Waals surface area contributed by atoms with Crippen LogP contribution in [0.5, 0.6) is 0 Å². The van der Waals surface area contributed by atoms with Gasteiger partial charge in [-0.1, -0.05) is 19.0 Å². The summed E-state index contributed by atoms with van der Waals surface area (Å²) < 4.78 is 5.08. The van der Waals surface area contributed by atoms with Crippen LogP contribution in [-0.2, 0) is 11.2 Å². The summed E-state index contributed by atoms with van der Waals surface area (Å²) in [6.45, 7) is 5.93. The minimum atomic E-state index is -0.0985. The zero-order valence-electron chi connectivity index (χ0n) is 11.1. The first-order chi connectivity index (χ1) is 9.04. The zero-order valence-corrected chi connectivity index (χ0v) is 12.0. The van der Waals surface area contributed by atoms with Gasteiger partial charge in [-0.3, -0.25) is 4.79 Å². The van der Waals surface area contributed by atoms with Crippen molar-refractivity contribution in [1.82, 2.24) is 15.1 Å². The fourth-order valence-corrected chi connectivity index (χ4v) is 2.10. The molecule has 6 nitrogen and oxygen atoms in total. The molecule has 0 fully saturated rings. The van der Waals surface area contributed by atoms with Gasteiger partial charge in [-0.05, 0) is 6.92 Å². The van der Waals surface area contributed by atoms with Crippen LogP contribution in [0.3, 0.4) is 0 Å². The van der Waals surface area contributed by atoms with E-state index in [-0.39, 0.29) is 11.8 Å². The molecule has 0 aliphatic carbocycles. The van der Waals surface area contributed by atoms with Crippen LogP contribution >= 0.6 is 11.3 Å². The number of rotatable bonds is 5. The van der Waals surface area contributed by atoms with Crippen molar-refractivity contribution in [1.29, 1.82) is 0 Å². The predicted molar refractivity (Wildman–Crippen MR) is 72.2 cm³/mol. The van der Waals surface area contributed by atoms with Crippen LogP contribution in [-0.4, -0.2) is 21.0 Å². The third kappa shape index (κ3) is 3.85. The second kappa shape index (κ2) is 5.92. The smallest absolute Gasteiger partial charge is 0.227 e. The molecule has 0 aliphatic heterocycles. The molecular formula is C12H16N4O2S. The van der Waals surface area contributed by atoms with Gasteiger partial charge in [0.1, 0.15) is 0 Å². The normalized spacial score (nSPS) is 10.9. The first kappa shape index (κ1) is 13.7. The molecule has 1 amide bonds. The van der Waals surface area contributed by atoms with E-state index < -0.39 is 0 Å². The molecule has 0 spiro atoms. The fraction of sp³-hybridized carbons (Fsp3) is 0.500. The van der Waals surface area contributed by atoms with E-state index in [1.807, 2.05) is 20.8 Å². The van der Waals surface area contributed by atoms with Gasteiger partial charge in [0, 0.05) is 29.8 Å². The lowest BCUT2D eigenvalue weighted by Gasteiger charge is -1.98. The topological polar surface area (TPSA) is 80.9 Å². The SMILES string of the molecule is Cc1cnc(NC(=O)CCc2nc(C(C)C)no2)s1. The Balaban J connectivity index is 1.82. The van der Waals surface area contributed by atoms with Gasteiger partial charge in [0.2, 0.25) is 11.8 Å². The van der Waals surface area contributed by atoms with Crippen molar-refractivity contribution < 1.29 is 9.32 Å². The van der Waals surface area contributed by atoms with Gasteiger partial charge >= 0.3 is 0 Å². The van der Waals surface area contributed by atoms with Gasteiger partial charge in [-0.25, -0.2) is 4.98 Å². The van der Waals surface area contributed by atoms with Crippen LogP contribution in [0.15, 0.2) is 10.7 Å². The zero-order chi connectivity index (χ0) is 13.8. The Morgan fingerprint density at radius 3 is 2.89 bits per heavy atom. The van der Waals surface area contributed by atoms with Crippen molar-refractivity contribution in [2.24, 2.45) is 0 Å². The van der Waals surface area contributed by atoms with E-state index in [0.717, 1.165) is 4.88 Å².